The van der Waals surface area contributed by atoms with Crippen LogP contribution >= 0.6 is 24.0 Å². The molecule has 6 rings (SSSR count). The number of carbonyl (C=O) groups is 12. The zero-order chi connectivity index (χ0) is 90.3. The van der Waals surface area contributed by atoms with E-state index in [2.05, 4.69) is 10.1 Å². The monoisotopic (exact) mass is 1740 g/mol. The van der Waals surface area contributed by atoms with Crippen LogP contribution in [0.5, 0.6) is 0 Å². The number of rotatable bonds is 32. The van der Waals surface area contributed by atoms with Gasteiger partial charge in [-0.15, -0.1) is 12.4 Å². The van der Waals surface area contributed by atoms with E-state index in [1.165, 1.54) is 136 Å². The van der Waals surface area contributed by atoms with Crippen molar-refractivity contribution in [1.29, 1.82) is 0 Å². The maximum atomic E-state index is 13.5. The molecule has 3 aliphatic rings. The number of alkyl halides is 1. The SMILES string of the molecule is COCCOC(=O)C1=C(C)N(C(=O)OCCl)C(C)=C(C(=O)OC(C)C)C1c1cccc([N+](=O)[O-])c1.COCCOC(=O)C1=C(C)N(C(=O)OCOC(=O)CN)C(C)=C(C(=O)OC(C)C)C1c1cccc([N+](=O)[O-])c1.COCCOC(=O)C1=C(C)N(C(=O)OCOC(=O)CNC(=O)OC(C)(C)C)C(C)=C(C(=O)OC(C)C)C1c1cccc([N+](=O)[O-])c1.Cl. The molecule has 121 heavy (non-hydrogen) atoms. The Kier molecular flexibility index (Phi) is 41.3. The van der Waals surface area contributed by atoms with Crippen LogP contribution in [0.4, 0.5) is 36.2 Å². The van der Waals surface area contributed by atoms with E-state index in [0.29, 0.717) is 0 Å². The van der Waals surface area contributed by atoms with E-state index in [1.54, 1.807) is 62.3 Å². The van der Waals surface area contributed by atoms with Gasteiger partial charge < -0.3 is 82.1 Å². The highest BCUT2D eigenvalue weighted by molar-refractivity contribution is 6.17. The number of nitrogens with two attached hydrogens (primary N) is 1. The molecule has 3 aliphatic heterocycles. The Labute approximate surface area is 706 Å². The molecule has 4 amide bonds. The molecule has 43 heteroatoms. The van der Waals surface area contributed by atoms with Crippen LogP contribution in [0.3, 0.4) is 0 Å². The molecule has 0 saturated heterocycles. The molecule has 41 nitrogen and oxygen atoms in total. The third-order valence-electron chi connectivity index (χ3n) is 16.7. The molecule has 0 radical (unpaired) electrons. The summed E-state index contributed by atoms with van der Waals surface area (Å²) in [6, 6.07) is 15.8. The number of methoxy groups -OCH3 is 3. The molecule has 3 heterocycles. The number of alkyl carbamates (subject to hydrolysis) is 1. The van der Waals surface area contributed by atoms with Gasteiger partial charge in [-0.25, -0.2) is 47.9 Å². The number of esters is 8. The number of halogens is 2. The van der Waals surface area contributed by atoms with Gasteiger partial charge in [0.1, 0.15) is 32.0 Å². The van der Waals surface area contributed by atoms with Gasteiger partial charge in [-0.2, -0.15) is 0 Å². The van der Waals surface area contributed by atoms with Crippen LogP contribution in [-0.4, -0.2) is 219 Å². The first-order valence-corrected chi connectivity index (χ1v) is 37.0. The molecule has 3 atom stereocenters. The van der Waals surface area contributed by atoms with Gasteiger partial charge >= 0.3 is 72.1 Å². The summed E-state index contributed by atoms with van der Waals surface area (Å²) < 4.78 is 76.7. The van der Waals surface area contributed by atoms with Gasteiger partial charge in [-0.1, -0.05) is 48.0 Å². The van der Waals surface area contributed by atoms with E-state index in [4.69, 9.17) is 83.7 Å². The van der Waals surface area contributed by atoms with Crippen molar-refractivity contribution in [1.82, 2.24) is 20.0 Å². The van der Waals surface area contributed by atoms with Crippen molar-refractivity contribution in [3.8, 4) is 0 Å². The molecular weight excluding hydrogens is 1650 g/mol. The van der Waals surface area contributed by atoms with Crippen molar-refractivity contribution < 1.29 is 143 Å². The first-order valence-electron chi connectivity index (χ1n) is 36.5. The van der Waals surface area contributed by atoms with Crippen molar-refractivity contribution in [2.45, 2.75) is 146 Å². The van der Waals surface area contributed by atoms with Crippen LogP contribution in [0.15, 0.2) is 140 Å². The van der Waals surface area contributed by atoms with E-state index < -0.39 is 161 Å². The standard InChI is InChI=1S/C30H39N3O13.C25H31N3O11.C23H27ClN2O9.ClH/c1-17(2)45-27(36)24-19(4)32(29(38)44-16-43-22(34)15-31-28(37)46-30(5,6)7)18(3)23(26(35)42-13-12-41-8)25(24)20-10-9-11-21(14-20)33(39)40;1-14(2)39-24(31)21-16(4)27(25(32)38-13-37-19(29)12-26)15(3)20(23(30)36-10-9-35-5)22(21)17-7-6-8-18(11-17)28(33)34;1-13(2)35-22(28)19-15(4)25(23(29)34-12-24)14(3)18(21(27)33-10-9-32-5)20(19)16-7-6-8-17(11-16)26(30)31;/h9-11,14,17,25H,12-13,15-16H2,1-8H3,(H,31,37);6-8,11,14,22H,9-10,12-13,26H2,1-5H3;6-8,11,13,20H,9-10,12H2,1-5H3;1H. The average molecular weight is 1750 g/mol. The molecule has 3 aromatic rings. The predicted molar refractivity (Wildman–Crippen MR) is 424 cm³/mol. The smallest absolute Gasteiger partial charge is 0.421 e. The van der Waals surface area contributed by atoms with Crippen LogP contribution in [0.1, 0.15) is 138 Å². The first kappa shape index (κ1) is 103. The molecule has 662 valence electrons. The Balaban J connectivity index is 0.000000471. The fourth-order valence-corrected chi connectivity index (χ4v) is 11.9. The van der Waals surface area contributed by atoms with Crippen molar-refractivity contribution in [3.05, 3.63) is 187 Å². The lowest BCUT2D eigenvalue weighted by molar-refractivity contribution is -0.385. The zero-order valence-corrected chi connectivity index (χ0v) is 71.3. The third-order valence-corrected chi connectivity index (χ3v) is 16.8. The topological polar surface area (TPSA) is 520 Å². The first-order chi connectivity index (χ1) is 56.5. The van der Waals surface area contributed by atoms with Crippen molar-refractivity contribution in [3.63, 3.8) is 0 Å². The Morgan fingerprint density at radius 3 is 0.950 bits per heavy atom. The minimum absolute atomic E-state index is 0. The number of nitrogens with one attached hydrogen (secondary N) is 1. The molecule has 3 N–H and O–H groups in total. The highest BCUT2D eigenvalue weighted by Crippen LogP contribution is 2.48. The number of nitrogens with zero attached hydrogens (tertiary/aromatic N) is 6. The lowest BCUT2D eigenvalue weighted by Gasteiger charge is -2.36. The van der Waals surface area contributed by atoms with Gasteiger partial charge in [0.15, 0.2) is 6.07 Å². The summed E-state index contributed by atoms with van der Waals surface area (Å²) >= 11 is 5.57. The molecule has 3 unspecified atom stereocenters. The summed E-state index contributed by atoms with van der Waals surface area (Å²) in [7, 11) is 4.24. The molecule has 0 bridgehead atoms. The van der Waals surface area contributed by atoms with Gasteiger partial charge in [0, 0.05) is 91.9 Å². The van der Waals surface area contributed by atoms with Crippen LogP contribution in [0.2, 0.25) is 0 Å². The molecule has 3 aromatic carbocycles. The van der Waals surface area contributed by atoms with Crippen LogP contribution in [0.25, 0.3) is 0 Å². The number of non-ortho nitro benzene ring substituents is 3. The number of ether oxygens (including phenoxy) is 15. The number of allylic oxidation sites excluding steroid dienone is 6. The van der Waals surface area contributed by atoms with Gasteiger partial charge in [0.2, 0.25) is 13.6 Å². The number of benzene rings is 3. The van der Waals surface area contributed by atoms with E-state index >= 15 is 0 Å². The molecule has 0 spiro atoms. The summed E-state index contributed by atoms with van der Waals surface area (Å²) in [6.07, 6.45) is -5.73. The minimum Gasteiger partial charge on any atom is -0.460 e. The van der Waals surface area contributed by atoms with Crippen molar-refractivity contribution in [2.75, 3.05) is 93.7 Å². The third kappa shape index (κ3) is 28.9. The number of carbonyl (C=O) groups excluding carboxylic acids is 12. The molecular formula is C78H98Cl2N8O33. The number of amides is 4. The Bertz CT molecular complexity index is 4560. The lowest BCUT2D eigenvalue weighted by Crippen LogP contribution is -2.40. The van der Waals surface area contributed by atoms with E-state index in [9.17, 15) is 87.9 Å². The summed E-state index contributed by atoms with van der Waals surface area (Å²) in [4.78, 5) is 190. The van der Waals surface area contributed by atoms with Crippen LogP contribution in [0, 0.1) is 30.3 Å². The zero-order valence-electron chi connectivity index (χ0n) is 69.7. The fraction of sp³-hybridized carbons (Fsp3) is 0.462. The number of nitro benzene ring substituents is 3. The van der Waals surface area contributed by atoms with Crippen molar-refractivity contribution >= 4 is 113 Å². The number of hydrogen-bond donors (Lipinski definition) is 2. The van der Waals surface area contributed by atoms with E-state index in [0.717, 1.165) is 14.7 Å². The Hall–Kier alpha value is -12.4. The van der Waals surface area contributed by atoms with Gasteiger partial charge in [0.25, 0.3) is 17.1 Å². The minimum atomic E-state index is -1.25. The second-order valence-electron chi connectivity index (χ2n) is 27.3. The van der Waals surface area contributed by atoms with Gasteiger partial charge in [-0.3, -0.25) is 54.6 Å². The molecule has 0 aromatic heterocycles. The normalized spacial score (nSPS) is 15.2. The fourth-order valence-electron chi connectivity index (χ4n) is 11.9. The largest absolute Gasteiger partial charge is 0.460 e. The number of nitro groups is 3. The Morgan fingerprint density at radius 1 is 0.430 bits per heavy atom. The predicted octanol–water partition coefficient (Wildman–Crippen LogP) is 10.6. The summed E-state index contributed by atoms with van der Waals surface area (Å²) in [6.45, 7) is 20.3. The van der Waals surface area contributed by atoms with Crippen LogP contribution in [-0.2, 0) is 109 Å². The average Bonchev–Trinajstić information content (AvgIpc) is 0.755. The summed E-state index contributed by atoms with van der Waals surface area (Å²) in [5.41, 5.74) is 3.57. The molecule has 0 fully saturated rings. The second kappa shape index (κ2) is 48.6. The second-order valence-corrected chi connectivity index (χ2v) is 27.5. The van der Waals surface area contributed by atoms with Gasteiger partial charge in [-0.05, 0) is 121 Å². The highest BCUT2D eigenvalue weighted by Gasteiger charge is 2.47. The molecule has 0 aliphatic carbocycles. The Morgan fingerprint density at radius 2 is 0.702 bits per heavy atom. The maximum Gasteiger partial charge on any atom is 0.421 e. The van der Waals surface area contributed by atoms with Crippen LogP contribution < -0.4 is 11.1 Å². The summed E-state index contributed by atoms with van der Waals surface area (Å²) in [5, 5.41) is 36.7. The van der Waals surface area contributed by atoms with Crippen molar-refractivity contribution in [2.24, 2.45) is 5.73 Å². The molecule has 0 saturated carbocycles. The summed E-state index contributed by atoms with van der Waals surface area (Å²) in [5.74, 6) is -10.6. The van der Waals surface area contributed by atoms with E-state index in [-0.39, 0.29) is 153 Å². The van der Waals surface area contributed by atoms with E-state index in [1.807, 2.05) is 0 Å². The lowest BCUT2D eigenvalue weighted by atomic mass is 9.79. The quantitative estimate of drug-likeness (QED) is 0.0111. The maximum absolute atomic E-state index is 13.5. The van der Waals surface area contributed by atoms with Gasteiger partial charge in [0.05, 0.1) is 111 Å². The highest BCUT2D eigenvalue weighted by atomic mass is 35.5. The number of hydrogen-bond acceptors (Lipinski definition) is 34.